The molecule has 0 atom stereocenters. The fraction of sp³-hybridized carbons (Fsp3) is 0.389. The van der Waals surface area contributed by atoms with Gasteiger partial charge in [-0.1, -0.05) is 31.5 Å². The predicted octanol–water partition coefficient (Wildman–Crippen LogP) is 4.08. The summed E-state index contributed by atoms with van der Waals surface area (Å²) >= 11 is 0. The average Bonchev–Trinajstić information content (AvgIpc) is 2.63. The van der Waals surface area contributed by atoms with E-state index in [1.165, 1.54) is 0 Å². The van der Waals surface area contributed by atoms with E-state index in [0.29, 0.717) is 24.7 Å². The van der Waals surface area contributed by atoms with Crippen molar-refractivity contribution in [2.45, 2.75) is 33.1 Å². The van der Waals surface area contributed by atoms with Gasteiger partial charge in [-0.25, -0.2) is 4.79 Å². The zero-order valence-electron chi connectivity index (χ0n) is 15.1. The van der Waals surface area contributed by atoms with Crippen LogP contribution in [-0.4, -0.2) is 31.3 Å². The van der Waals surface area contributed by atoms with Crippen LogP contribution < -0.4 is 14.8 Å². The standard InChI is InChI=1S/C18H23N5O3/c1-4-6-7-10-26-15-9-8-14(11-16(15)25-5-2)12-19-22-17-13(3)21-23-18(24)20-17/h8-9,11-12H,3-7,10H2,1-2H3,(H,20,22,24)/b19-12+. The number of nitrogens with zero attached hydrogens (tertiary/aromatic N) is 4. The second-order valence-corrected chi connectivity index (χ2v) is 5.46. The van der Waals surface area contributed by atoms with E-state index < -0.39 is 6.03 Å². The van der Waals surface area contributed by atoms with Crippen molar-refractivity contribution in [1.82, 2.24) is 5.32 Å². The summed E-state index contributed by atoms with van der Waals surface area (Å²) in [6.07, 6.45) is 4.83. The molecule has 2 amide bonds. The number of hydrogen-bond acceptors (Lipinski definition) is 6. The van der Waals surface area contributed by atoms with Gasteiger partial charge in [0.05, 0.1) is 19.4 Å². The van der Waals surface area contributed by atoms with Crippen molar-refractivity contribution < 1.29 is 14.3 Å². The summed E-state index contributed by atoms with van der Waals surface area (Å²) in [6.45, 7) is 8.89. The van der Waals surface area contributed by atoms with Gasteiger partial charge in [-0.15, -0.1) is 10.2 Å². The normalized spacial score (nSPS) is 15.5. The molecule has 0 aliphatic carbocycles. The number of amides is 2. The Morgan fingerprint density at radius 3 is 2.81 bits per heavy atom. The van der Waals surface area contributed by atoms with E-state index in [4.69, 9.17) is 9.47 Å². The molecule has 1 heterocycles. The third-order valence-electron chi connectivity index (χ3n) is 3.40. The molecule has 0 radical (unpaired) electrons. The summed E-state index contributed by atoms with van der Waals surface area (Å²) in [4.78, 5) is 11.2. The first-order valence-electron chi connectivity index (χ1n) is 8.56. The number of unbranched alkanes of at least 4 members (excludes halogenated alkanes) is 2. The molecule has 0 saturated heterocycles. The summed E-state index contributed by atoms with van der Waals surface area (Å²) in [5.41, 5.74) is 1.03. The van der Waals surface area contributed by atoms with Crippen LogP contribution in [0.3, 0.4) is 0 Å². The number of urea groups is 1. The molecule has 1 aromatic rings. The van der Waals surface area contributed by atoms with Gasteiger partial charge in [0.1, 0.15) is 5.70 Å². The van der Waals surface area contributed by atoms with Gasteiger partial charge >= 0.3 is 6.03 Å². The van der Waals surface area contributed by atoms with E-state index in [-0.39, 0.29) is 11.5 Å². The van der Waals surface area contributed by atoms with Gasteiger partial charge in [-0.3, -0.25) is 5.32 Å². The molecule has 138 valence electrons. The van der Waals surface area contributed by atoms with Crippen LogP contribution in [0.5, 0.6) is 11.5 Å². The van der Waals surface area contributed by atoms with Crippen molar-refractivity contribution in [3.05, 3.63) is 36.0 Å². The third kappa shape index (κ3) is 5.80. The number of carbonyl (C=O) groups excluding carboxylic acids is 1. The minimum absolute atomic E-state index is 0.169. The fourth-order valence-electron chi connectivity index (χ4n) is 2.11. The maximum atomic E-state index is 11.2. The van der Waals surface area contributed by atoms with Gasteiger partial charge in [-0.05, 0) is 37.1 Å². The lowest BCUT2D eigenvalue weighted by Gasteiger charge is -2.12. The molecule has 0 fully saturated rings. The Morgan fingerprint density at radius 2 is 2.04 bits per heavy atom. The van der Waals surface area contributed by atoms with Crippen molar-refractivity contribution in [2.24, 2.45) is 20.4 Å². The predicted molar refractivity (Wildman–Crippen MR) is 100 cm³/mol. The number of benzene rings is 1. The molecule has 0 unspecified atom stereocenters. The van der Waals surface area contributed by atoms with Crippen LogP contribution >= 0.6 is 0 Å². The van der Waals surface area contributed by atoms with Crippen molar-refractivity contribution in [3.63, 3.8) is 0 Å². The smallest absolute Gasteiger partial charge is 0.365 e. The van der Waals surface area contributed by atoms with Crippen LogP contribution in [0.1, 0.15) is 38.7 Å². The number of carbonyl (C=O) groups is 1. The van der Waals surface area contributed by atoms with Crippen molar-refractivity contribution >= 4 is 18.1 Å². The van der Waals surface area contributed by atoms with Crippen LogP contribution in [-0.2, 0) is 0 Å². The molecule has 8 nitrogen and oxygen atoms in total. The van der Waals surface area contributed by atoms with Gasteiger partial charge in [-0.2, -0.15) is 5.10 Å². The monoisotopic (exact) mass is 357 g/mol. The van der Waals surface area contributed by atoms with Crippen molar-refractivity contribution in [1.29, 1.82) is 0 Å². The highest BCUT2D eigenvalue weighted by molar-refractivity contribution is 6.08. The molecule has 1 N–H and O–H groups in total. The second-order valence-electron chi connectivity index (χ2n) is 5.46. The first kappa shape index (κ1) is 19.3. The lowest BCUT2D eigenvalue weighted by molar-refractivity contribution is 0.251. The molecule has 1 aliphatic rings. The molecule has 1 aliphatic heterocycles. The van der Waals surface area contributed by atoms with E-state index in [1.807, 2.05) is 25.1 Å². The number of nitrogens with one attached hydrogen (secondary N) is 1. The SMILES string of the molecule is C=C1N=NC(=O)N/C1=N/N=C/c1ccc(OCCCCC)c(OCC)c1. The Bertz CT molecular complexity index is 740. The van der Waals surface area contributed by atoms with Gasteiger partial charge in [0.15, 0.2) is 17.3 Å². The topological polar surface area (TPSA) is 97.0 Å². The summed E-state index contributed by atoms with van der Waals surface area (Å²) in [7, 11) is 0. The van der Waals surface area contributed by atoms with Crippen LogP contribution in [0.15, 0.2) is 50.9 Å². The first-order valence-corrected chi connectivity index (χ1v) is 8.56. The number of amidine groups is 1. The molecule has 2 rings (SSSR count). The first-order chi connectivity index (χ1) is 12.6. The van der Waals surface area contributed by atoms with Crippen molar-refractivity contribution in [2.75, 3.05) is 13.2 Å². The quantitative estimate of drug-likeness (QED) is 0.410. The Labute approximate surface area is 152 Å². The Balaban J connectivity index is 2.07. The maximum absolute atomic E-state index is 11.2. The fourth-order valence-corrected chi connectivity index (χ4v) is 2.11. The maximum Gasteiger partial charge on any atom is 0.365 e. The highest BCUT2D eigenvalue weighted by Crippen LogP contribution is 2.28. The van der Waals surface area contributed by atoms with Crippen LogP contribution in [0, 0.1) is 0 Å². The molecule has 0 saturated carbocycles. The highest BCUT2D eigenvalue weighted by atomic mass is 16.5. The van der Waals surface area contributed by atoms with Gasteiger partial charge < -0.3 is 9.47 Å². The van der Waals surface area contributed by atoms with E-state index in [1.54, 1.807) is 6.21 Å². The Kier molecular flexibility index (Phi) is 7.48. The lowest BCUT2D eigenvalue weighted by Crippen LogP contribution is -2.31. The molecule has 0 bridgehead atoms. The molecular weight excluding hydrogens is 334 g/mol. The third-order valence-corrected chi connectivity index (χ3v) is 3.40. The molecule has 0 aromatic heterocycles. The largest absolute Gasteiger partial charge is 0.490 e. The summed E-state index contributed by atoms with van der Waals surface area (Å²) in [6, 6.07) is 4.93. The minimum atomic E-state index is -0.602. The van der Waals surface area contributed by atoms with E-state index in [9.17, 15) is 4.79 Å². The number of azo groups is 1. The molecule has 26 heavy (non-hydrogen) atoms. The Morgan fingerprint density at radius 1 is 1.19 bits per heavy atom. The number of hydrogen-bond donors (Lipinski definition) is 1. The van der Waals surface area contributed by atoms with Crippen LogP contribution in [0.4, 0.5) is 4.79 Å². The zero-order chi connectivity index (χ0) is 18.8. The minimum Gasteiger partial charge on any atom is -0.490 e. The van der Waals surface area contributed by atoms with Gasteiger partial charge in [0.2, 0.25) is 0 Å². The van der Waals surface area contributed by atoms with Gasteiger partial charge in [0.25, 0.3) is 0 Å². The lowest BCUT2D eigenvalue weighted by atomic mass is 10.2. The van der Waals surface area contributed by atoms with E-state index >= 15 is 0 Å². The summed E-state index contributed by atoms with van der Waals surface area (Å²) in [5.74, 6) is 1.53. The number of ether oxygens (including phenoxy) is 2. The molecule has 8 heteroatoms. The molecule has 0 spiro atoms. The van der Waals surface area contributed by atoms with Crippen LogP contribution in [0.2, 0.25) is 0 Å². The summed E-state index contributed by atoms with van der Waals surface area (Å²) < 4.78 is 11.4. The van der Waals surface area contributed by atoms with E-state index in [2.05, 4.69) is 39.3 Å². The molecule has 1 aromatic carbocycles. The Hall–Kier alpha value is -3.03. The zero-order valence-corrected chi connectivity index (χ0v) is 15.1. The van der Waals surface area contributed by atoms with Crippen LogP contribution in [0.25, 0.3) is 0 Å². The second kappa shape index (κ2) is 10.1. The highest BCUT2D eigenvalue weighted by Gasteiger charge is 2.14. The number of rotatable bonds is 9. The van der Waals surface area contributed by atoms with E-state index in [0.717, 1.165) is 24.8 Å². The molecular formula is C18H23N5O3. The summed E-state index contributed by atoms with van der Waals surface area (Å²) in [5, 5.41) is 17.2. The van der Waals surface area contributed by atoms with Crippen molar-refractivity contribution in [3.8, 4) is 11.5 Å². The average molecular weight is 357 g/mol. The van der Waals surface area contributed by atoms with Gasteiger partial charge in [0, 0.05) is 0 Å².